The van der Waals surface area contributed by atoms with Gasteiger partial charge in [0.25, 0.3) is 0 Å². The molecule has 0 bridgehead atoms. The van der Waals surface area contributed by atoms with Gasteiger partial charge in [-0.05, 0) is 55.7 Å². The summed E-state index contributed by atoms with van der Waals surface area (Å²) < 4.78 is 16.7. The van der Waals surface area contributed by atoms with Gasteiger partial charge in [-0.15, -0.1) is 0 Å². The molecule has 2 aromatic rings. The van der Waals surface area contributed by atoms with Gasteiger partial charge in [0.2, 0.25) is 5.78 Å². The van der Waals surface area contributed by atoms with Crippen LogP contribution >= 0.6 is 0 Å². The zero-order valence-electron chi connectivity index (χ0n) is 16.5. The molecule has 1 aliphatic heterocycles. The minimum absolute atomic E-state index is 0.0327. The Morgan fingerprint density at radius 1 is 1.07 bits per heavy atom. The molecule has 0 saturated heterocycles. The smallest absolute Gasteiger partial charge is 0.314 e. The highest BCUT2D eigenvalue weighted by molar-refractivity contribution is 6.14. The molecule has 2 aromatic carbocycles. The Kier molecular flexibility index (Phi) is 5.65. The molecule has 1 heterocycles. The quantitative estimate of drug-likeness (QED) is 0.398. The number of allylic oxidation sites excluding steroid dienone is 1. The van der Waals surface area contributed by atoms with Crippen LogP contribution in [0.5, 0.6) is 17.2 Å². The third-order valence-corrected chi connectivity index (χ3v) is 5.29. The van der Waals surface area contributed by atoms with Gasteiger partial charge in [-0.2, -0.15) is 0 Å². The molecule has 0 atom stereocenters. The molecule has 2 aliphatic rings. The van der Waals surface area contributed by atoms with Crippen LogP contribution in [-0.4, -0.2) is 18.4 Å². The van der Waals surface area contributed by atoms with E-state index in [1.54, 1.807) is 24.3 Å². The number of rotatable bonds is 5. The van der Waals surface area contributed by atoms with Crippen LogP contribution in [0, 0.1) is 5.92 Å². The van der Waals surface area contributed by atoms with Crippen LogP contribution in [0.25, 0.3) is 6.08 Å². The zero-order valence-corrected chi connectivity index (χ0v) is 16.5. The second kappa shape index (κ2) is 8.52. The minimum Gasteiger partial charge on any atom is -0.494 e. The largest absolute Gasteiger partial charge is 0.494 e. The van der Waals surface area contributed by atoms with Gasteiger partial charge in [0, 0.05) is 6.07 Å². The lowest BCUT2D eigenvalue weighted by Crippen LogP contribution is -2.22. The summed E-state index contributed by atoms with van der Waals surface area (Å²) in [6.07, 6.45) is 6.79. The van der Waals surface area contributed by atoms with E-state index in [0.717, 1.165) is 37.0 Å². The monoisotopic (exact) mass is 392 g/mol. The third-order valence-electron chi connectivity index (χ3n) is 5.29. The fourth-order valence-electron chi connectivity index (χ4n) is 3.75. The number of benzene rings is 2. The lowest BCUT2D eigenvalue weighted by atomic mass is 9.89. The summed E-state index contributed by atoms with van der Waals surface area (Å²) in [6.45, 7) is 2.53. The van der Waals surface area contributed by atoms with Gasteiger partial charge in [-0.1, -0.05) is 31.4 Å². The number of ketones is 1. The summed E-state index contributed by atoms with van der Waals surface area (Å²) in [5.74, 6) is 1.45. The Labute approximate surface area is 170 Å². The fourth-order valence-corrected chi connectivity index (χ4v) is 3.75. The molecular weight excluding hydrogens is 368 g/mol. The summed E-state index contributed by atoms with van der Waals surface area (Å²) in [4.78, 5) is 25.0. The van der Waals surface area contributed by atoms with Gasteiger partial charge in [0.05, 0.1) is 18.1 Å². The molecule has 0 amide bonds. The Morgan fingerprint density at radius 3 is 2.52 bits per heavy atom. The Hall–Kier alpha value is -3.08. The molecule has 1 fully saturated rings. The standard InChI is InChI=1S/C24H24O5/c1-2-27-18-10-8-16(9-11-18)14-22-23(25)20-13-12-19(15-21(20)29-22)28-24(26)17-6-4-3-5-7-17/h8-15,17H,2-7H2,1H3. The number of carbonyl (C=O) groups is 2. The van der Waals surface area contributed by atoms with Crippen LogP contribution < -0.4 is 14.2 Å². The molecule has 5 nitrogen and oxygen atoms in total. The highest BCUT2D eigenvalue weighted by atomic mass is 16.5. The predicted octanol–water partition coefficient (Wildman–Crippen LogP) is 5.19. The second-order valence-corrected chi connectivity index (χ2v) is 7.36. The minimum atomic E-state index is -0.195. The van der Waals surface area contributed by atoms with Gasteiger partial charge in [0.1, 0.15) is 17.2 Å². The third kappa shape index (κ3) is 4.34. The van der Waals surface area contributed by atoms with Crippen molar-refractivity contribution in [3.8, 4) is 17.2 Å². The van der Waals surface area contributed by atoms with E-state index in [-0.39, 0.29) is 23.4 Å². The van der Waals surface area contributed by atoms with E-state index in [1.807, 2.05) is 31.2 Å². The van der Waals surface area contributed by atoms with E-state index >= 15 is 0 Å². The maximum atomic E-state index is 12.6. The van der Waals surface area contributed by atoms with Crippen molar-refractivity contribution in [3.05, 3.63) is 59.4 Å². The lowest BCUT2D eigenvalue weighted by Gasteiger charge is -2.19. The fraction of sp³-hybridized carbons (Fsp3) is 0.333. The van der Waals surface area contributed by atoms with Crippen molar-refractivity contribution >= 4 is 17.8 Å². The highest BCUT2D eigenvalue weighted by Gasteiger charge is 2.29. The average molecular weight is 392 g/mol. The first-order valence-electron chi connectivity index (χ1n) is 10.2. The van der Waals surface area contributed by atoms with E-state index in [2.05, 4.69) is 0 Å². The van der Waals surface area contributed by atoms with E-state index in [1.165, 1.54) is 6.42 Å². The van der Waals surface area contributed by atoms with Crippen molar-refractivity contribution in [1.29, 1.82) is 0 Å². The molecule has 4 rings (SSSR count). The number of hydrogen-bond donors (Lipinski definition) is 0. The van der Waals surface area contributed by atoms with Crippen LogP contribution in [0.4, 0.5) is 0 Å². The van der Waals surface area contributed by atoms with Crippen LogP contribution in [0.15, 0.2) is 48.2 Å². The van der Waals surface area contributed by atoms with E-state index in [9.17, 15) is 9.59 Å². The molecule has 29 heavy (non-hydrogen) atoms. The lowest BCUT2D eigenvalue weighted by molar-refractivity contribution is -0.139. The first-order chi connectivity index (χ1) is 14.1. The zero-order chi connectivity index (χ0) is 20.2. The first kappa shape index (κ1) is 19.2. The van der Waals surface area contributed by atoms with Gasteiger partial charge in [-0.25, -0.2) is 0 Å². The number of fused-ring (bicyclic) bond motifs is 1. The van der Waals surface area contributed by atoms with Crippen molar-refractivity contribution in [3.63, 3.8) is 0 Å². The maximum absolute atomic E-state index is 12.6. The molecule has 1 aliphatic carbocycles. The Morgan fingerprint density at radius 2 is 1.79 bits per heavy atom. The molecule has 0 radical (unpaired) electrons. The van der Waals surface area contributed by atoms with Gasteiger partial charge in [0.15, 0.2) is 5.76 Å². The summed E-state index contributed by atoms with van der Waals surface area (Å²) in [5, 5.41) is 0. The molecule has 0 N–H and O–H groups in total. The van der Waals surface area contributed by atoms with Gasteiger partial charge in [-0.3, -0.25) is 9.59 Å². The average Bonchev–Trinajstić information content (AvgIpc) is 3.05. The molecule has 1 saturated carbocycles. The second-order valence-electron chi connectivity index (χ2n) is 7.36. The van der Waals surface area contributed by atoms with Crippen molar-refractivity contribution < 1.29 is 23.8 Å². The van der Waals surface area contributed by atoms with Gasteiger partial charge < -0.3 is 14.2 Å². The van der Waals surface area contributed by atoms with Crippen molar-refractivity contribution in [2.24, 2.45) is 5.92 Å². The van der Waals surface area contributed by atoms with Crippen molar-refractivity contribution in [2.75, 3.05) is 6.61 Å². The van der Waals surface area contributed by atoms with Crippen molar-refractivity contribution in [1.82, 2.24) is 0 Å². The van der Waals surface area contributed by atoms with E-state index in [4.69, 9.17) is 14.2 Å². The Balaban J connectivity index is 1.47. The van der Waals surface area contributed by atoms with Crippen molar-refractivity contribution in [2.45, 2.75) is 39.0 Å². The molecule has 5 heteroatoms. The topological polar surface area (TPSA) is 61.8 Å². The van der Waals surface area contributed by atoms with Crippen LogP contribution in [0.1, 0.15) is 54.9 Å². The van der Waals surface area contributed by atoms with Crippen LogP contribution in [0.2, 0.25) is 0 Å². The number of Topliss-reactive ketones (excluding diaryl/α,β-unsaturated/α-hetero) is 1. The molecular formula is C24H24O5. The molecule has 0 unspecified atom stereocenters. The summed E-state index contributed by atoms with van der Waals surface area (Å²) in [7, 11) is 0. The number of esters is 1. The Bertz CT molecular complexity index is 936. The summed E-state index contributed by atoms with van der Waals surface area (Å²) in [5.41, 5.74) is 1.31. The number of carbonyl (C=O) groups excluding carboxylic acids is 2. The number of ether oxygens (including phenoxy) is 3. The SMILES string of the molecule is CCOc1ccc(C=C2Oc3cc(OC(=O)C4CCCCC4)ccc3C2=O)cc1. The maximum Gasteiger partial charge on any atom is 0.314 e. The summed E-state index contributed by atoms with van der Waals surface area (Å²) >= 11 is 0. The highest BCUT2D eigenvalue weighted by Crippen LogP contribution is 2.35. The number of hydrogen-bond acceptors (Lipinski definition) is 5. The molecule has 150 valence electrons. The summed E-state index contributed by atoms with van der Waals surface area (Å²) in [6, 6.07) is 12.4. The molecule has 0 spiro atoms. The van der Waals surface area contributed by atoms with Crippen LogP contribution in [0.3, 0.4) is 0 Å². The van der Waals surface area contributed by atoms with Crippen LogP contribution in [-0.2, 0) is 4.79 Å². The first-order valence-corrected chi connectivity index (χ1v) is 10.2. The van der Waals surface area contributed by atoms with E-state index < -0.39 is 0 Å². The van der Waals surface area contributed by atoms with Gasteiger partial charge >= 0.3 is 5.97 Å². The van der Waals surface area contributed by atoms with E-state index in [0.29, 0.717) is 23.7 Å². The molecule has 0 aromatic heterocycles. The predicted molar refractivity (Wildman–Crippen MR) is 109 cm³/mol. The normalized spacial score (nSPS) is 17.7.